The molecule has 0 unspecified atom stereocenters. The van der Waals surface area contributed by atoms with E-state index in [4.69, 9.17) is 32.7 Å². The Labute approximate surface area is 97.0 Å². The van der Waals surface area contributed by atoms with E-state index in [9.17, 15) is 0 Å². The van der Waals surface area contributed by atoms with Gasteiger partial charge >= 0.3 is 0 Å². The molecule has 1 aromatic heterocycles. The molecular weight excluding hydrogens is 235 g/mol. The number of benzene rings is 1. The number of aliphatic hydroxyl groups is 1. The molecule has 0 radical (unpaired) electrons. The van der Waals surface area contributed by atoms with Crippen LogP contribution in [-0.4, -0.2) is 5.11 Å². The van der Waals surface area contributed by atoms with Crippen LogP contribution in [0.15, 0.2) is 34.7 Å². The average Bonchev–Trinajstić information content (AvgIpc) is 2.64. The van der Waals surface area contributed by atoms with Crippen molar-refractivity contribution in [3.63, 3.8) is 0 Å². The zero-order valence-corrected chi connectivity index (χ0v) is 9.22. The largest absolute Gasteiger partial charge is 0.459 e. The lowest BCUT2D eigenvalue weighted by Crippen LogP contribution is -1.76. The van der Waals surface area contributed by atoms with E-state index >= 15 is 0 Å². The van der Waals surface area contributed by atoms with Crippen molar-refractivity contribution in [2.75, 3.05) is 0 Å². The highest BCUT2D eigenvalue weighted by atomic mass is 35.5. The summed E-state index contributed by atoms with van der Waals surface area (Å²) < 4.78 is 5.36. The van der Waals surface area contributed by atoms with Crippen LogP contribution in [0.1, 0.15) is 5.76 Å². The highest BCUT2D eigenvalue weighted by molar-refractivity contribution is 6.35. The maximum absolute atomic E-state index is 8.86. The first-order chi connectivity index (χ1) is 7.19. The summed E-state index contributed by atoms with van der Waals surface area (Å²) in [6.45, 7) is -0.117. The summed E-state index contributed by atoms with van der Waals surface area (Å²) in [5.74, 6) is 1.16. The maximum Gasteiger partial charge on any atom is 0.134 e. The molecule has 2 rings (SSSR count). The van der Waals surface area contributed by atoms with Crippen LogP contribution in [0.2, 0.25) is 10.0 Å². The SMILES string of the molecule is OCc1ccc(-c2cc(Cl)cc(Cl)c2)o1. The molecule has 1 heterocycles. The van der Waals surface area contributed by atoms with E-state index in [1.54, 1.807) is 30.3 Å². The van der Waals surface area contributed by atoms with Gasteiger partial charge in [0, 0.05) is 15.6 Å². The number of aliphatic hydroxyl groups excluding tert-OH is 1. The third-order valence-electron chi connectivity index (χ3n) is 1.96. The van der Waals surface area contributed by atoms with Crippen molar-refractivity contribution in [1.29, 1.82) is 0 Å². The number of rotatable bonds is 2. The molecule has 2 nitrogen and oxygen atoms in total. The molecule has 0 saturated carbocycles. The lowest BCUT2D eigenvalue weighted by atomic mass is 10.2. The van der Waals surface area contributed by atoms with E-state index in [0.717, 1.165) is 5.56 Å². The fourth-order valence-electron chi connectivity index (χ4n) is 1.31. The minimum Gasteiger partial charge on any atom is -0.459 e. The highest BCUT2D eigenvalue weighted by Gasteiger charge is 2.06. The molecule has 15 heavy (non-hydrogen) atoms. The van der Waals surface area contributed by atoms with E-state index in [1.807, 2.05) is 0 Å². The zero-order valence-electron chi connectivity index (χ0n) is 7.71. The van der Waals surface area contributed by atoms with Crippen molar-refractivity contribution in [1.82, 2.24) is 0 Å². The molecule has 0 fully saturated rings. The lowest BCUT2D eigenvalue weighted by Gasteiger charge is -1.99. The molecule has 0 bridgehead atoms. The van der Waals surface area contributed by atoms with Gasteiger partial charge in [-0.05, 0) is 30.3 Å². The van der Waals surface area contributed by atoms with Gasteiger partial charge in [0.25, 0.3) is 0 Å². The van der Waals surface area contributed by atoms with Crippen molar-refractivity contribution in [3.05, 3.63) is 46.1 Å². The van der Waals surface area contributed by atoms with Gasteiger partial charge in [-0.25, -0.2) is 0 Å². The quantitative estimate of drug-likeness (QED) is 0.871. The summed E-state index contributed by atoms with van der Waals surface area (Å²) in [7, 11) is 0. The van der Waals surface area contributed by atoms with Crippen LogP contribution in [0.3, 0.4) is 0 Å². The van der Waals surface area contributed by atoms with Crippen molar-refractivity contribution in [2.24, 2.45) is 0 Å². The van der Waals surface area contributed by atoms with Crippen LogP contribution in [-0.2, 0) is 6.61 Å². The Balaban J connectivity index is 2.44. The van der Waals surface area contributed by atoms with Crippen LogP contribution in [0.25, 0.3) is 11.3 Å². The van der Waals surface area contributed by atoms with Crippen molar-refractivity contribution < 1.29 is 9.52 Å². The van der Waals surface area contributed by atoms with Crippen LogP contribution in [0.4, 0.5) is 0 Å². The monoisotopic (exact) mass is 242 g/mol. The minimum absolute atomic E-state index is 0.117. The van der Waals surface area contributed by atoms with E-state index < -0.39 is 0 Å². The second kappa shape index (κ2) is 4.27. The maximum atomic E-state index is 8.86. The predicted molar refractivity (Wildman–Crippen MR) is 60.1 cm³/mol. The van der Waals surface area contributed by atoms with Crippen molar-refractivity contribution in [2.45, 2.75) is 6.61 Å². The molecule has 78 valence electrons. The van der Waals surface area contributed by atoms with Gasteiger partial charge in [0.1, 0.15) is 18.1 Å². The first-order valence-electron chi connectivity index (χ1n) is 4.35. The zero-order chi connectivity index (χ0) is 10.8. The summed E-state index contributed by atoms with van der Waals surface area (Å²) in [4.78, 5) is 0. The molecule has 0 aliphatic heterocycles. The van der Waals surface area contributed by atoms with Crippen molar-refractivity contribution >= 4 is 23.2 Å². The van der Waals surface area contributed by atoms with Crippen LogP contribution >= 0.6 is 23.2 Å². The molecule has 2 aromatic rings. The van der Waals surface area contributed by atoms with E-state index in [0.29, 0.717) is 21.6 Å². The van der Waals surface area contributed by atoms with Gasteiger partial charge in [0.15, 0.2) is 0 Å². The highest BCUT2D eigenvalue weighted by Crippen LogP contribution is 2.28. The smallest absolute Gasteiger partial charge is 0.134 e. The number of halogens is 2. The van der Waals surface area contributed by atoms with Gasteiger partial charge in [-0.1, -0.05) is 23.2 Å². The van der Waals surface area contributed by atoms with Gasteiger partial charge in [-0.3, -0.25) is 0 Å². The van der Waals surface area contributed by atoms with Gasteiger partial charge < -0.3 is 9.52 Å². The molecule has 0 aliphatic carbocycles. The lowest BCUT2D eigenvalue weighted by molar-refractivity contribution is 0.248. The Hall–Kier alpha value is -0.960. The Morgan fingerprint density at radius 2 is 1.73 bits per heavy atom. The first-order valence-corrected chi connectivity index (χ1v) is 5.10. The second-order valence-corrected chi connectivity index (χ2v) is 3.96. The topological polar surface area (TPSA) is 33.4 Å². The van der Waals surface area contributed by atoms with E-state index in [1.165, 1.54) is 0 Å². The van der Waals surface area contributed by atoms with E-state index in [-0.39, 0.29) is 6.61 Å². The molecule has 1 aromatic carbocycles. The molecule has 4 heteroatoms. The van der Waals surface area contributed by atoms with Crippen molar-refractivity contribution in [3.8, 4) is 11.3 Å². The summed E-state index contributed by atoms with van der Waals surface area (Å²) in [6.07, 6.45) is 0. The number of furan rings is 1. The van der Waals surface area contributed by atoms with Gasteiger partial charge in [-0.2, -0.15) is 0 Å². The van der Waals surface area contributed by atoms with Crippen LogP contribution in [0, 0.1) is 0 Å². The normalized spacial score (nSPS) is 10.6. The van der Waals surface area contributed by atoms with Crippen LogP contribution in [0.5, 0.6) is 0 Å². The van der Waals surface area contributed by atoms with Gasteiger partial charge in [0.2, 0.25) is 0 Å². The molecular formula is C11H8Cl2O2. The summed E-state index contributed by atoms with van der Waals surface area (Å²) in [5, 5.41) is 9.97. The molecule has 1 N–H and O–H groups in total. The number of hydrogen-bond donors (Lipinski definition) is 1. The van der Waals surface area contributed by atoms with E-state index in [2.05, 4.69) is 0 Å². The minimum atomic E-state index is -0.117. The molecule has 0 spiro atoms. The summed E-state index contributed by atoms with van der Waals surface area (Å²) in [5.41, 5.74) is 0.798. The first kappa shape index (κ1) is 10.6. The molecule has 0 amide bonds. The molecule has 0 aliphatic rings. The van der Waals surface area contributed by atoms with Gasteiger partial charge in [-0.15, -0.1) is 0 Å². The molecule has 0 atom stereocenters. The summed E-state index contributed by atoms with van der Waals surface area (Å²) in [6, 6.07) is 8.65. The third-order valence-corrected chi connectivity index (χ3v) is 2.40. The summed E-state index contributed by atoms with van der Waals surface area (Å²) >= 11 is 11.7. The fourth-order valence-corrected chi connectivity index (χ4v) is 1.84. The predicted octanol–water partition coefficient (Wildman–Crippen LogP) is 3.75. The second-order valence-electron chi connectivity index (χ2n) is 3.08. The van der Waals surface area contributed by atoms with Gasteiger partial charge in [0.05, 0.1) is 0 Å². The Morgan fingerprint density at radius 1 is 1.07 bits per heavy atom. The fraction of sp³-hybridized carbons (Fsp3) is 0.0909. The third kappa shape index (κ3) is 2.34. The average molecular weight is 243 g/mol. The Morgan fingerprint density at radius 3 is 2.27 bits per heavy atom. The molecule has 0 saturated heterocycles. The Bertz CT molecular complexity index is 457. The number of hydrogen-bond acceptors (Lipinski definition) is 2. The standard InChI is InChI=1S/C11H8Cl2O2/c12-8-3-7(4-9(13)5-8)11-2-1-10(6-14)15-11/h1-5,14H,6H2. The van der Waals surface area contributed by atoms with Crippen LogP contribution < -0.4 is 0 Å². The Kier molecular flexibility index (Phi) is 3.00.